The van der Waals surface area contributed by atoms with E-state index in [0.717, 1.165) is 12.8 Å². The van der Waals surface area contributed by atoms with Crippen LogP contribution in [0.2, 0.25) is 0 Å². The first-order valence-electron chi connectivity index (χ1n) is 7.77. The highest BCUT2D eigenvalue weighted by Crippen LogP contribution is 1.98. The van der Waals surface area contributed by atoms with Crippen LogP contribution in [0.5, 0.6) is 0 Å². The summed E-state index contributed by atoms with van der Waals surface area (Å²) in [5, 5.41) is 5.28. The lowest BCUT2D eigenvalue weighted by Crippen LogP contribution is -2.40. The Morgan fingerprint density at radius 3 is 2.00 bits per heavy atom. The molecule has 0 aromatic heterocycles. The summed E-state index contributed by atoms with van der Waals surface area (Å²) >= 11 is 0. The van der Waals surface area contributed by atoms with Crippen molar-refractivity contribution < 1.29 is 23.9 Å². The molecule has 0 aliphatic carbocycles. The molecular formula is C15H28N2O5. The Morgan fingerprint density at radius 2 is 1.41 bits per heavy atom. The number of rotatable bonds is 10. The molecule has 7 nitrogen and oxygen atoms in total. The molecule has 0 spiro atoms. The van der Waals surface area contributed by atoms with E-state index in [0.29, 0.717) is 13.2 Å². The van der Waals surface area contributed by atoms with E-state index in [4.69, 9.17) is 9.47 Å². The minimum Gasteiger partial charge on any atom is -0.466 e. The Morgan fingerprint density at radius 1 is 0.864 bits per heavy atom. The molecule has 0 radical (unpaired) electrons. The van der Waals surface area contributed by atoms with E-state index in [1.165, 1.54) is 0 Å². The summed E-state index contributed by atoms with van der Waals surface area (Å²) in [6, 6.07) is -0.653. The first kappa shape index (κ1) is 20.2. The Kier molecular flexibility index (Phi) is 10.9. The van der Waals surface area contributed by atoms with Crippen LogP contribution in [-0.4, -0.2) is 43.3 Å². The van der Waals surface area contributed by atoms with Crippen LogP contribution in [0.25, 0.3) is 0 Å². The van der Waals surface area contributed by atoms with Crippen molar-refractivity contribution in [2.75, 3.05) is 13.2 Å². The predicted octanol–water partition coefficient (Wildman–Crippen LogP) is 1.75. The van der Waals surface area contributed by atoms with E-state index in [-0.39, 0.29) is 36.8 Å². The normalized spacial score (nSPS) is 12.9. The van der Waals surface area contributed by atoms with Crippen LogP contribution in [-0.2, 0) is 19.1 Å². The van der Waals surface area contributed by atoms with E-state index < -0.39 is 6.09 Å². The van der Waals surface area contributed by atoms with Crippen molar-refractivity contribution in [2.45, 2.75) is 65.5 Å². The monoisotopic (exact) mass is 316 g/mol. The molecule has 0 aromatic rings. The molecule has 0 rings (SSSR count). The Bertz CT molecular complexity index is 328. The van der Waals surface area contributed by atoms with Gasteiger partial charge in [-0.25, -0.2) is 4.79 Å². The Balaban J connectivity index is 3.95. The van der Waals surface area contributed by atoms with Crippen molar-refractivity contribution in [3.8, 4) is 0 Å². The average molecular weight is 316 g/mol. The largest absolute Gasteiger partial charge is 0.466 e. The predicted molar refractivity (Wildman–Crippen MR) is 82.3 cm³/mol. The van der Waals surface area contributed by atoms with Gasteiger partial charge >= 0.3 is 12.1 Å². The number of hydrogen-bond donors (Lipinski definition) is 2. The van der Waals surface area contributed by atoms with Crippen LogP contribution in [0.4, 0.5) is 4.79 Å². The molecule has 0 saturated heterocycles. The molecule has 128 valence electrons. The second kappa shape index (κ2) is 11.8. The van der Waals surface area contributed by atoms with Crippen molar-refractivity contribution in [1.29, 1.82) is 0 Å². The molecule has 0 bridgehead atoms. The van der Waals surface area contributed by atoms with Crippen molar-refractivity contribution >= 4 is 18.0 Å². The van der Waals surface area contributed by atoms with Gasteiger partial charge in [-0.2, -0.15) is 0 Å². The zero-order valence-electron chi connectivity index (χ0n) is 13.9. The fraction of sp³-hybridized carbons (Fsp3) is 0.800. The lowest BCUT2D eigenvalue weighted by molar-refractivity contribution is -0.144. The third-order valence-electron chi connectivity index (χ3n) is 2.64. The summed E-state index contributed by atoms with van der Waals surface area (Å²) in [4.78, 5) is 34.6. The Labute approximate surface area is 132 Å². The van der Waals surface area contributed by atoms with E-state index in [2.05, 4.69) is 10.6 Å². The van der Waals surface area contributed by atoms with E-state index in [1.54, 1.807) is 13.8 Å². The molecule has 0 aromatic carbocycles. The molecular weight excluding hydrogens is 288 g/mol. The zero-order chi connectivity index (χ0) is 17.0. The summed E-state index contributed by atoms with van der Waals surface area (Å²) in [6.45, 7) is 8.00. The molecule has 2 N–H and O–H groups in total. The molecule has 7 heteroatoms. The van der Waals surface area contributed by atoms with Gasteiger partial charge in [0.05, 0.1) is 19.6 Å². The third kappa shape index (κ3) is 10.9. The second-order valence-electron chi connectivity index (χ2n) is 5.28. The molecule has 0 heterocycles. The lowest BCUT2D eigenvalue weighted by Gasteiger charge is -2.16. The number of carbonyl (C=O) groups excluding carboxylic acids is 3. The number of nitrogens with one attached hydrogen (secondary N) is 2. The number of hydrogen-bond acceptors (Lipinski definition) is 5. The average Bonchev–Trinajstić information content (AvgIpc) is 2.42. The van der Waals surface area contributed by atoms with E-state index >= 15 is 0 Å². The summed E-state index contributed by atoms with van der Waals surface area (Å²) in [7, 11) is 0. The van der Waals surface area contributed by atoms with Crippen LogP contribution in [0.1, 0.15) is 53.4 Å². The zero-order valence-corrected chi connectivity index (χ0v) is 13.9. The lowest BCUT2D eigenvalue weighted by atomic mass is 10.2. The number of esters is 1. The smallest absolute Gasteiger partial charge is 0.407 e. The van der Waals surface area contributed by atoms with Gasteiger partial charge in [0.25, 0.3) is 0 Å². The Hall–Kier alpha value is -1.79. The minimum atomic E-state index is -0.529. The van der Waals surface area contributed by atoms with Gasteiger partial charge in [0.15, 0.2) is 0 Å². The van der Waals surface area contributed by atoms with Gasteiger partial charge in [0.2, 0.25) is 5.91 Å². The van der Waals surface area contributed by atoms with Crippen molar-refractivity contribution in [3.63, 3.8) is 0 Å². The summed E-state index contributed by atoms with van der Waals surface area (Å²) in [6.07, 6.45) is 1.23. The number of alkyl carbamates (subject to hydrolysis) is 1. The second-order valence-corrected chi connectivity index (χ2v) is 5.28. The molecule has 2 amide bonds. The van der Waals surface area contributed by atoms with Crippen LogP contribution >= 0.6 is 0 Å². The fourth-order valence-electron chi connectivity index (χ4n) is 1.68. The quantitative estimate of drug-likeness (QED) is 0.599. The van der Waals surface area contributed by atoms with E-state index in [9.17, 15) is 14.4 Å². The van der Waals surface area contributed by atoms with Crippen LogP contribution in [0.3, 0.4) is 0 Å². The molecule has 0 fully saturated rings. The van der Waals surface area contributed by atoms with Crippen molar-refractivity contribution in [2.24, 2.45) is 0 Å². The van der Waals surface area contributed by atoms with Crippen molar-refractivity contribution in [1.82, 2.24) is 10.6 Å². The van der Waals surface area contributed by atoms with Gasteiger partial charge in [-0.3, -0.25) is 9.59 Å². The maximum absolute atomic E-state index is 11.8. The summed E-state index contributed by atoms with van der Waals surface area (Å²) in [5.74, 6) is -0.567. The van der Waals surface area contributed by atoms with Crippen LogP contribution in [0.15, 0.2) is 0 Å². The molecule has 22 heavy (non-hydrogen) atoms. The fourth-order valence-corrected chi connectivity index (χ4v) is 1.68. The maximum atomic E-state index is 11.8. The van der Waals surface area contributed by atoms with Crippen LogP contribution in [0, 0.1) is 0 Å². The SMILES string of the molecule is CCCOC(=O)CC(C)NC(=O)CC(C)NC(=O)OCCC. The van der Waals surface area contributed by atoms with Gasteiger partial charge in [0, 0.05) is 18.5 Å². The molecule has 2 unspecified atom stereocenters. The van der Waals surface area contributed by atoms with E-state index in [1.807, 2.05) is 13.8 Å². The van der Waals surface area contributed by atoms with Gasteiger partial charge in [-0.15, -0.1) is 0 Å². The highest BCUT2D eigenvalue weighted by molar-refractivity contribution is 5.79. The number of carbonyl (C=O) groups is 3. The van der Waals surface area contributed by atoms with Crippen LogP contribution < -0.4 is 10.6 Å². The van der Waals surface area contributed by atoms with Gasteiger partial charge in [-0.1, -0.05) is 13.8 Å². The van der Waals surface area contributed by atoms with Gasteiger partial charge < -0.3 is 20.1 Å². The van der Waals surface area contributed by atoms with Gasteiger partial charge in [0.1, 0.15) is 0 Å². The molecule has 2 atom stereocenters. The highest BCUT2D eigenvalue weighted by Gasteiger charge is 2.16. The third-order valence-corrected chi connectivity index (χ3v) is 2.64. The molecule has 0 aliphatic heterocycles. The van der Waals surface area contributed by atoms with Gasteiger partial charge in [-0.05, 0) is 26.7 Å². The number of amides is 2. The first-order valence-corrected chi connectivity index (χ1v) is 7.77. The summed E-state index contributed by atoms with van der Waals surface area (Å²) < 4.78 is 9.82. The maximum Gasteiger partial charge on any atom is 0.407 e. The topological polar surface area (TPSA) is 93.7 Å². The summed E-state index contributed by atoms with van der Waals surface area (Å²) in [5.41, 5.74) is 0. The standard InChI is InChI=1S/C15H28N2O5/c1-5-7-21-14(19)10-12(4)16-13(18)9-11(3)17-15(20)22-8-6-2/h11-12H,5-10H2,1-4H3,(H,16,18)(H,17,20). The minimum absolute atomic E-state index is 0.121. The van der Waals surface area contributed by atoms with Crippen molar-refractivity contribution in [3.05, 3.63) is 0 Å². The first-order chi connectivity index (χ1) is 10.4. The molecule has 0 saturated carbocycles. The highest BCUT2D eigenvalue weighted by atomic mass is 16.5. The number of ether oxygens (including phenoxy) is 2. The molecule has 0 aliphatic rings.